The SMILES string of the molecule is N#Cc1ccccc1-c1c2ccccc2c(-c2ccccc2C#N)c2cc(N(c3ccccc3)c3ccc(N(c4ccccc4)c4ccccc4)cc3)ccc12. The molecule has 4 nitrogen and oxygen atoms in total. The Balaban J connectivity index is 1.29. The molecule has 262 valence electrons. The third-order valence-electron chi connectivity index (χ3n) is 10.3. The predicted octanol–water partition coefficient (Wildman–Crippen LogP) is 14.0. The molecule has 56 heavy (non-hydrogen) atoms. The fourth-order valence-corrected chi connectivity index (χ4v) is 7.86. The van der Waals surface area contributed by atoms with Gasteiger partial charge < -0.3 is 9.80 Å². The van der Waals surface area contributed by atoms with Crippen LogP contribution < -0.4 is 9.80 Å². The van der Waals surface area contributed by atoms with Crippen LogP contribution in [0.4, 0.5) is 34.1 Å². The van der Waals surface area contributed by atoms with Gasteiger partial charge in [-0.2, -0.15) is 10.5 Å². The minimum atomic E-state index is 0.603. The van der Waals surface area contributed by atoms with Crippen LogP contribution in [-0.4, -0.2) is 0 Å². The van der Waals surface area contributed by atoms with Crippen LogP contribution >= 0.6 is 0 Å². The van der Waals surface area contributed by atoms with Gasteiger partial charge in [0.25, 0.3) is 0 Å². The molecule has 0 spiro atoms. The van der Waals surface area contributed by atoms with E-state index in [0.29, 0.717) is 11.1 Å². The van der Waals surface area contributed by atoms with Crippen molar-refractivity contribution in [2.45, 2.75) is 0 Å². The highest BCUT2D eigenvalue weighted by Crippen LogP contribution is 2.47. The molecule has 0 saturated heterocycles. The molecule has 9 aromatic rings. The van der Waals surface area contributed by atoms with Crippen LogP contribution in [0.3, 0.4) is 0 Å². The number of fused-ring (bicyclic) bond motifs is 2. The summed E-state index contributed by atoms with van der Waals surface area (Å²) in [6, 6.07) is 75.3. The van der Waals surface area contributed by atoms with Gasteiger partial charge in [0.05, 0.1) is 23.3 Å². The van der Waals surface area contributed by atoms with Crippen molar-refractivity contribution in [2.75, 3.05) is 9.80 Å². The first-order chi connectivity index (χ1) is 27.7. The van der Waals surface area contributed by atoms with Gasteiger partial charge in [0.1, 0.15) is 0 Å². The third-order valence-corrected chi connectivity index (χ3v) is 10.3. The van der Waals surface area contributed by atoms with E-state index in [1.807, 2.05) is 78.9 Å². The van der Waals surface area contributed by atoms with Crippen molar-refractivity contribution < 1.29 is 0 Å². The van der Waals surface area contributed by atoms with Crippen LogP contribution in [0.5, 0.6) is 0 Å². The monoisotopic (exact) mass is 714 g/mol. The van der Waals surface area contributed by atoms with E-state index >= 15 is 0 Å². The molecule has 0 unspecified atom stereocenters. The summed E-state index contributed by atoms with van der Waals surface area (Å²) in [5, 5.41) is 24.7. The Morgan fingerprint density at radius 2 is 0.607 bits per heavy atom. The molecular weight excluding hydrogens is 681 g/mol. The van der Waals surface area contributed by atoms with Crippen molar-refractivity contribution in [3.8, 4) is 34.4 Å². The topological polar surface area (TPSA) is 54.1 Å². The third kappa shape index (κ3) is 6.08. The lowest BCUT2D eigenvalue weighted by molar-refractivity contribution is 1.26. The minimum Gasteiger partial charge on any atom is -0.311 e. The lowest BCUT2D eigenvalue weighted by atomic mass is 9.83. The van der Waals surface area contributed by atoms with Gasteiger partial charge in [-0.3, -0.25) is 0 Å². The first-order valence-electron chi connectivity index (χ1n) is 18.6. The standard InChI is InChI=1S/C52H34N4/c53-35-37-16-10-12-24-45(37)51-47-26-14-15-27-48(47)52(46-25-13-11-17-38(46)36-54)50-34-44(32-33-49(50)51)56(41-22-8-3-9-23-41)43-30-28-42(29-31-43)55(39-18-4-1-5-19-39)40-20-6-2-7-21-40/h1-34H. The number of hydrogen-bond donors (Lipinski definition) is 0. The second-order valence-corrected chi connectivity index (χ2v) is 13.5. The van der Waals surface area contributed by atoms with Crippen molar-refractivity contribution in [1.82, 2.24) is 0 Å². The molecule has 4 heteroatoms. The van der Waals surface area contributed by atoms with Gasteiger partial charge in [-0.15, -0.1) is 0 Å². The van der Waals surface area contributed by atoms with Gasteiger partial charge in [-0.25, -0.2) is 0 Å². The van der Waals surface area contributed by atoms with Gasteiger partial charge in [-0.05, 0) is 118 Å². The number of rotatable bonds is 8. The summed E-state index contributed by atoms with van der Waals surface area (Å²) in [5.41, 5.74) is 11.1. The van der Waals surface area contributed by atoms with E-state index in [4.69, 9.17) is 0 Å². The second-order valence-electron chi connectivity index (χ2n) is 13.5. The van der Waals surface area contributed by atoms with Crippen molar-refractivity contribution in [2.24, 2.45) is 0 Å². The fourth-order valence-electron chi connectivity index (χ4n) is 7.86. The summed E-state index contributed by atoms with van der Waals surface area (Å²) in [4.78, 5) is 4.54. The van der Waals surface area contributed by atoms with Crippen LogP contribution in [0.1, 0.15) is 11.1 Å². The molecule has 0 fully saturated rings. The van der Waals surface area contributed by atoms with E-state index < -0.39 is 0 Å². The van der Waals surface area contributed by atoms with Crippen LogP contribution in [0, 0.1) is 22.7 Å². The molecular formula is C52H34N4. The maximum Gasteiger partial charge on any atom is 0.0998 e. The van der Waals surface area contributed by atoms with Crippen LogP contribution in [0.25, 0.3) is 43.8 Å². The molecule has 9 rings (SSSR count). The Bertz CT molecular complexity index is 2890. The predicted molar refractivity (Wildman–Crippen MR) is 231 cm³/mol. The van der Waals surface area contributed by atoms with Crippen LogP contribution in [-0.2, 0) is 0 Å². The number of hydrogen-bond acceptors (Lipinski definition) is 4. The van der Waals surface area contributed by atoms with Gasteiger partial charge in [0.15, 0.2) is 0 Å². The number of nitriles is 2. The molecule has 0 saturated carbocycles. The molecule has 0 bridgehead atoms. The molecule has 0 aliphatic rings. The average molecular weight is 715 g/mol. The summed E-state index contributed by atoms with van der Waals surface area (Å²) in [7, 11) is 0. The number of benzene rings is 9. The summed E-state index contributed by atoms with van der Waals surface area (Å²) >= 11 is 0. The van der Waals surface area contributed by atoms with Gasteiger partial charge in [-0.1, -0.05) is 121 Å². The molecule has 0 aliphatic carbocycles. The Hall–Kier alpha value is -7.92. The van der Waals surface area contributed by atoms with E-state index in [-0.39, 0.29) is 0 Å². The Morgan fingerprint density at radius 3 is 1.05 bits per heavy atom. The number of anilines is 6. The molecule has 0 N–H and O–H groups in total. The summed E-state index contributed by atoms with van der Waals surface area (Å²) in [6.45, 7) is 0. The number of para-hydroxylation sites is 3. The maximum absolute atomic E-state index is 10.4. The summed E-state index contributed by atoms with van der Waals surface area (Å²) < 4.78 is 0. The second kappa shape index (κ2) is 14.8. The zero-order valence-electron chi connectivity index (χ0n) is 30.4. The lowest BCUT2D eigenvalue weighted by Crippen LogP contribution is -2.12. The lowest BCUT2D eigenvalue weighted by Gasteiger charge is -2.29. The average Bonchev–Trinajstić information content (AvgIpc) is 3.27. The molecule has 0 atom stereocenters. The molecule has 9 aromatic carbocycles. The van der Waals surface area contributed by atoms with E-state index in [1.165, 1.54) is 0 Å². The van der Waals surface area contributed by atoms with E-state index in [1.54, 1.807) is 0 Å². The van der Waals surface area contributed by atoms with Crippen LogP contribution in [0.2, 0.25) is 0 Å². The molecule has 0 radical (unpaired) electrons. The number of nitrogens with zero attached hydrogens (tertiary/aromatic N) is 4. The fraction of sp³-hybridized carbons (Fsp3) is 0. The van der Waals surface area contributed by atoms with Crippen molar-refractivity contribution >= 4 is 55.7 Å². The molecule has 0 heterocycles. The zero-order chi connectivity index (χ0) is 37.8. The molecule has 0 aliphatic heterocycles. The van der Waals surface area contributed by atoms with Gasteiger partial charge in [0.2, 0.25) is 0 Å². The Kier molecular flexibility index (Phi) is 8.98. The highest BCUT2D eigenvalue weighted by molar-refractivity contribution is 6.22. The largest absolute Gasteiger partial charge is 0.311 e. The van der Waals surface area contributed by atoms with E-state index in [9.17, 15) is 10.5 Å². The van der Waals surface area contributed by atoms with E-state index in [0.717, 1.165) is 77.9 Å². The van der Waals surface area contributed by atoms with E-state index in [2.05, 4.69) is 149 Å². The zero-order valence-corrected chi connectivity index (χ0v) is 30.4. The minimum absolute atomic E-state index is 0.603. The molecule has 0 amide bonds. The maximum atomic E-state index is 10.4. The first-order valence-corrected chi connectivity index (χ1v) is 18.6. The van der Waals surface area contributed by atoms with Gasteiger partial charge >= 0.3 is 0 Å². The normalized spacial score (nSPS) is 10.8. The molecule has 0 aromatic heterocycles. The van der Waals surface area contributed by atoms with Crippen molar-refractivity contribution in [1.29, 1.82) is 10.5 Å². The quantitative estimate of drug-likeness (QED) is 0.147. The first kappa shape index (κ1) is 33.9. The highest BCUT2D eigenvalue weighted by atomic mass is 15.2. The van der Waals surface area contributed by atoms with Gasteiger partial charge in [0, 0.05) is 45.3 Å². The summed E-state index contributed by atoms with van der Waals surface area (Å²) in [6.07, 6.45) is 0. The highest BCUT2D eigenvalue weighted by Gasteiger charge is 2.22. The Morgan fingerprint density at radius 1 is 0.286 bits per heavy atom. The van der Waals surface area contributed by atoms with Crippen LogP contribution in [0.15, 0.2) is 206 Å². The van der Waals surface area contributed by atoms with Crippen molar-refractivity contribution in [3.63, 3.8) is 0 Å². The smallest absolute Gasteiger partial charge is 0.0998 e. The van der Waals surface area contributed by atoms with Crippen molar-refractivity contribution in [3.05, 3.63) is 217 Å². The summed E-state index contributed by atoms with van der Waals surface area (Å²) in [5.74, 6) is 0. The Labute approximate surface area is 326 Å².